The molecule has 4 aliphatic rings. The Balaban J connectivity index is 0.000000616. The van der Waals surface area contributed by atoms with Crippen LogP contribution in [0.3, 0.4) is 0 Å². The maximum absolute atomic E-state index is 15.7. The smallest absolute Gasteiger partial charge is 1.00 e. The Bertz CT molecular complexity index is 6000. The van der Waals surface area contributed by atoms with Gasteiger partial charge in [0.2, 0.25) is 0 Å². The van der Waals surface area contributed by atoms with Gasteiger partial charge in [0.1, 0.15) is 125 Å². The van der Waals surface area contributed by atoms with E-state index in [2.05, 4.69) is 55.8 Å². The third-order valence-corrected chi connectivity index (χ3v) is 20.4. The normalized spacial score (nSPS) is 16.3. The summed E-state index contributed by atoms with van der Waals surface area (Å²) in [6.07, 6.45) is 2.98. The van der Waals surface area contributed by atoms with Crippen LogP contribution in [-0.4, -0.2) is 130 Å². The molecule has 0 spiro atoms. The predicted molar refractivity (Wildman–Crippen MR) is 454 cm³/mol. The van der Waals surface area contributed by atoms with Gasteiger partial charge in [-0.3, -0.25) is 29.5 Å². The van der Waals surface area contributed by atoms with Crippen LogP contribution in [0.4, 0.5) is 79.0 Å². The number of hydrogen-bond donors (Lipinski definition) is 2. The molecule has 0 amide bonds. The molecule has 13 aromatic rings. The van der Waals surface area contributed by atoms with Crippen LogP contribution < -0.4 is 157 Å². The molecule has 2 N–H and O–H groups in total. The molecule has 3 saturated heterocycles. The van der Waals surface area contributed by atoms with E-state index >= 15 is 35.1 Å². The molecule has 4 aliphatic heterocycles. The van der Waals surface area contributed by atoms with E-state index < -0.39 is 182 Å². The number of halogens is 18. The van der Waals surface area contributed by atoms with Crippen LogP contribution in [0.15, 0.2) is 289 Å². The largest absolute Gasteiger partial charge is 1.00 e. The van der Waals surface area contributed by atoms with E-state index in [1.54, 1.807) is 121 Å². The summed E-state index contributed by atoms with van der Waals surface area (Å²) >= 11 is 0. The third-order valence-electron chi connectivity index (χ3n) is 20.4. The van der Waals surface area contributed by atoms with Crippen molar-refractivity contribution in [3.05, 3.63) is 388 Å². The van der Waals surface area contributed by atoms with Gasteiger partial charge >= 0.3 is 156 Å². The van der Waals surface area contributed by atoms with Crippen molar-refractivity contribution in [3.8, 4) is 23.0 Å². The van der Waals surface area contributed by atoms with Crippen molar-refractivity contribution in [1.29, 1.82) is 0 Å². The van der Waals surface area contributed by atoms with E-state index in [0.717, 1.165) is 109 Å². The number of ketones is 1. The zero-order valence-corrected chi connectivity index (χ0v) is 87.4. The number of carbonyl (C=O) groups excluding carboxylic acids is 2. The van der Waals surface area contributed by atoms with E-state index in [1.165, 1.54) is 18.2 Å². The second-order valence-corrected chi connectivity index (χ2v) is 29.1. The minimum absolute atomic E-state index is 0. The molecule has 142 heavy (non-hydrogen) atoms. The van der Waals surface area contributed by atoms with E-state index in [-0.39, 0.29) is 274 Å². The van der Waals surface area contributed by atoms with Crippen molar-refractivity contribution in [2.24, 2.45) is 15.4 Å². The second-order valence-electron chi connectivity index (χ2n) is 29.1. The number of epoxide rings is 3. The van der Waals surface area contributed by atoms with Crippen LogP contribution in [0.1, 0.15) is 108 Å². The first-order valence-corrected chi connectivity index (χ1v) is 39.5. The molecule has 3 fully saturated rings. The van der Waals surface area contributed by atoms with Crippen molar-refractivity contribution in [1.82, 2.24) is 40.1 Å². The van der Waals surface area contributed by atoms with Gasteiger partial charge in [0.25, 0.3) is 6.47 Å². The van der Waals surface area contributed by atoms with Crippen molar-refractivity contribution in [3.63, 3.8) is 0 Å². The fraction of sp³-hybridized carbons (Fsp3) is 0.234. The third kappa shape index (κ3) is 31.1. The van der Waals surface area contributed by atoms with Crippen LogP contribution in [0.25, 0.3) is 0 Å². The van der Waals surface area contributed by atoms with E-state index in [1.807, 2.05) is 6.07 Å². The quantitative estimate of drug-likeness (QED) is 0.00776. The topological polar surface area (TPSA) is 314 Å². The first kappa shape index (κ1) is 126. The van der Waals surface area contributed by atoms with Gasteiger partial charge in [-0.2, -0.15) is 40.2 Å². The van der Waals surface area contributed by atoms with Crippen molar-refractivity contribution in [2.45, 2.75) is 85.9 Å². The maximum Gasteiger partial charge on any atom is 1.00 e. The summed E-state index contributed by atoms with van der Waals surface area (Å²) in [5.41, 5.74) is -13.2. The molecule has 24 nitrogen and oxygen atoms in total. The monoisotopic (exact) mass is 2300 g/mol. The molecule has 0 saturated carbocycles. The summed E-state index contributed by atoms with van der Waals surface area (Å²) in [6.45, 7) is -2.86. The molecule has 4 radical (unpaired) electrons. The molecular weight excluding hydrogens is 2220 g/mol. The summed E-state index contributed by atoms with van der Waals surface area (Å²) < 4.78 is 297. The molecular formula is C94H80BF18K2N11NaO13WY. The number of rotatable bonds is 31. The Hall–Kier alpha value is -8.33. The Labute approximate surface area is 951 Å². The van der Waals surface area contributed by atoms with Gasteiger partial charge in [0.05, 0.1) is 63.9 Å². The Morgan fingerprint density at radius 1 is 0.493 bits per heavy atom. The number of hydrogen-bond acceptors (Lipinski definition) is 23. The first-order valence-electron chi connectivity index (χ1n) is 39.5. The van der Waals surface area contributed by atoms with Crippen molar-refractivity contribution in [2.75, 3.05) is 52.8 Å². The number of aliphatic hydroxyl groups is 2. The van der Waals surface area contributed by atoms with Crippen molar-refractivity contribution >= 4 is 26.9 Å². The minimum Gasteiger partial charge on any atom is -1.00 e. The average molecular weight is 2300 g/mol. The molecule has 7 atom stereocenters. The Morgan fingerprint density at radius 3 is 1.13 bits per heavy atom. The van der Waals surface area contributed by atoms with E-state index in [9.17, 15) is 58.9 Å². The fourth-order valence-corrected chi connectivity index (χ4v) is 13.1. The summed E-state index contributed by atoms with van der Waals surface area (Å²) in [5, 5.41) is 49.9. The summed E-state index contributed by atoms with van der Waals surface area (Å²) in [6, 6.07) is 51.7. The van der Waals surface area contributed by atoms with Crippen LogP contribution >= 0.6 is 0 Å². The first-order chi connectivity index (χ1) is 64.1. The van der Waals surface area contributed by atoms with Gasteiger partial charge in [-0.15, -0.1) is 10.2 Å². The number of nitrogens with zero attached hydrogens (tertiary/aromatic N) is 11. The van der Waals surface area contributed by atoms with Crippen LogP contribution in [0.2, 0.25) is 0 Å². The Kier molecular flexibility index (Phi) is 50.7. The molecule has 0 aliphatic carbocycles. The van der Waals surface area contributed by atoms with Crippen LogP contribution in [0.5, 0.6) is 23.0 Å². The molecule has 0 bridgehead atoms. The van der Waals surface area contributed by atoms with Gasteiger partial charge < -0.3 is 56.4 Å². The number of carbonyl (C=O) groups is 2. The maximum atomic E-state index is 15.7. The predicted octanol–water partition coefficient (Wildman–Crippen LogP) is 9.71. The number of pyridine rings is 4. The zero-order valence-electron chi connectivity index (χ0n) is 75.4. The number of tetrazole rings is 1. The average Bonchev–Trinajstić information content (AvgIpc) is 1.53. The molecule has 48 heteroatoms. The van der Waals surface area contributed by atoms with E-state index in [0.29, 0.717) is 59.1 Å². The molecule has 8 aromatic carbocycles. The van der Waals surface area contributed by atoms with Gasteiger partial charge in [-0.05, 0) is 129 Å². The second kappa shape index (κ2) is 57.1. The molecule has 9 heterocycles. The van der Waals surface area contributed by atoms with Crippen LogP contribution in [0, 0.1) is 46.5 Å². The molecule has 7 unspecified atom stereocenters. The van der Waals surface area contributed by atoms with Gasteiger partial charge in [0, 0.05) is 114 Å². The van der Waals surface area contributed by atoms with Gasteiger partial charge in [0.15, 0.2) is 47.1 Å². The number of aromatic nitrogens is 8. The van der Waals surface area contributed by atoms with Crippen LogP contribution in [-0.2, 0) is 130 Å². The van der Waals surface area contributed by atoms with E-state index in [4.69, 9.17) is 43.2 Å². The summed E-state index contributed by atoms with van der Waals surface area (Å²) in [5.74, 6) is -23.5. The van der Waals surface area contributed by atoms with Crippen molar-refractivity contribution < 1.29 is 331 Å². The Morgan fingerprint density at radius 2 is 0.831 bits per heavy atom. The molecule has 730 valence electrons. The summed E-state index contributed by atoms with van der Waals surface area (Å²) in [7, 11) is 0. The fourth-order valence-electron chi connectivity index (χ4n) is 13.1. The number of Topliss-reactive ketones (excluding diaryl/α,β-unsaturated/α-hetero) is 1. The van der Waals surface area contributed by atoms with Gasteiger partial charge in [-0.25, -0.2) is 48.6 Å². The summed E-state index contributed by atoms with van der Waals surface area (Å²) in [4.78, 5) is 38.1. The number of aliphatic hydroxyl groups excluding tert-OH is 1. The number of ether oxygens (including phenoxy) is 7. The molecule has 5 aromatic heterocycles. The zero-order chi connectivity index (χ0) is 96.1. The molecule has 17 rings (SSSR count). The standard InChI is InChI=1S/C23H18F5N5O2.C22H16F5NO2.C22H17F4NO3.C22H15F4NO3.C2H3N3.CH2O3.2CH4.B.2K.Na.W.Y.2H/c24-16-6-8-18(19(25)10-16)22(34,13-33-14-30-31-32-33)23(27,28)21-9-7-17(11-29-21)35-12-20(26)15-4-2-1-3-5-15;23-15-6-8-17(18(24)10-15)21(13-30-21)22(26,27)20-9-7-16(11-28-20)29-12-19(25)14-4-2-1-3-5-14;2*23-15-6-8-17(18(24)10-15)21(13-30-21)22(25,26)20-9-7-16(11-27-20)29-12-19(28)14-4-2-1-3-5-14;1-2-4-5-3-1;2-1-4-3;;;;;;;;;;/h1-11,14,20,34H,12-13H2;1-11,19H,12-13H2;1-11,19,28H,12-13H2;1-11H,12-13H2;1H,2H2;1,3H;2*1H4;;;;;;;;/q;;;;;;;;;3*+1;;;2*-1/p-1. The minimum atomic E-state index is -4.21. The SMILES string of the molecule is C.C.C1=NN=NC1.Fc1ccc(C2(C(F)(F)c3ccc(OCC(F)c4ccccc4)cn3)CO2)c(F)c1.O=C(COc1ccc(C(F)(F)C2(c3ccc(F)cc3F)CO2)nc1)c1ccccc1.O=CO[O-].OC(COc1ccc(C(F)(F)C2(c3ccc(F)cc3F)CO2)nc1)c1ccccc1.OC(Cn1cnnn1)(c1ccc(F)cc1F)C(F)(F)c1ccc(OCC(F)c2ccccc2)cn1.[B].[H-].[H-].[K+].[K+].[Na+].[W].[Y]. The number of benzene rings is 8. The number of alkyl halides is 10. The van der Waals surface area contributed by atoms with Gasteiger partial charge in [-0.1, -0.05) is 136 Å².